The molecule has 10 nitrogen and oxygen atoms in total. The molecule has 9 rings (SSSR count). The molecular weight excluding hydrogens is 536 g/mol. The van der Waals surface area contributed by atoms with Crippen molar-refractivity contribution in [1.82, 2.24) is 20.0 Å². The number of ether oxygens (including phenoxy) is 3. The zero-order chi connectivity index (χ0) is 28.6. The minimum atomic E-state index is -0.855. The molecular formula is C32H40N4O6. The van der Waals surface area contributed by atoms with Crippen molar-refractivity contribution in [2.45, 2.75) is 103 Å². The lowest BCUT2D eigenvalue weighted by Gasteiger charge is -2.60. The van der Waals surface area contributed by atoms with Gasteiger partial charge in [0.2, 0.25) is 12.1 Å². The van der Waals surface area contributed by atoms with Crippen LogP contribution in [0.15, 0.2) is 30.5 Å². The van der Waals surface area contributed by atoms with E-state index in [4.69, 9.17) is 24.0 Å². The molecule has 3 aromatic rings. The minimum absolute atomic E-state index is 0.0422. The molecule has 10 heteroatoms. The van der Waals surface area contributed by atoms with Crippen LogP contribution in [-0.2, 0) is 54.6 Å². The molecule has 5 fully saturated rings. The Bertz CT molecular complexity index is 1500. The zero-order valence-corrected chi connectivity index (χ0v) is 24.6. The van der Waals surface area contributed by atoms with Crippen LogP contribution in [0.2, 0.25) is 0 Å². The quantitative estimate of drug-likeness (QED) is 0.339. The second-order valence-electron chi connectivity index (χ2n) is 13.5. The van der Waals surface area contributed by atoms with Gasteiger partial charge in [0.25, 0.3) is 0 Å². The number of fused-ring (bicyclic) bond motifs is 4. The fourth-order valence-electron chi connectivity index (χ4n) is 8.61. The van der Waals surface area contributed by atoms with E-state index >= 15 is 0 Å². The van der Waals surface area contributed by atoms with Crippen LogP contribution in [0.25, 0.3) is 10.9 Å². The number of rotatable bonds is 5. The van der Waals surface area contributed by atoms with Crippen molar-refractivity contribution in [3.8, 4) is 0 Å². The lowest BCUT2D eigenvalue weighted by atomic mass is 9.58. The molecule has 4 aliphatic heterocycles. The van der Waals surface area contributed by atoms with Crippen molar-refractivity contribution >= 4 is 16.9 Å². The molecule has 1 unspecified atom stereocenters. The topological polar surface area (TPSA) is 110 Å². The summed E-state index contributed by atoms with van der Waals surface area (Å²) in [4.78, 5) is 29.0. The Balaban J connectivity index is 0.947. The van der Waals surface area contributed by atoms with Gasteiger partial charge in [-0.15, -0.1) is 5.10 Å². The fourth-order valence-corrected chi connectivity index (χ4v) is 8.61. The zero-order valence-electron chi connectivity index (χ0n) is 24.6. The van der Waals surface area contributed by atoms with Gasteiger partial charge in [0.05, 0.1) is 17.3 Å². The summed E-state index contributed by atoms with van der Waals surface area (Å²) in [5.74, 6) is -0.520. The SMILES string of the molecule is C[C@H]1[C@H](OC(=O)C2CCc3c(nnn3CCc3c[nH]c4ccccc34)C2)O[C@@H]2O[C@@]3(C)CC[C@H]4[C@H](C)CC[C@@H]1[C@@]24OO3. The van der Waals surface area contributed by atoms with Gasteiger partial charge in [0.15, 0.2) is 11.9 Å². The van der Waals surface area contributed by atoms with Crippen LogP contribution in [0, 0.1) is 29.6 Å². The molecule has 6 heterocycles. The number of hydrogen-bond donors (Lipinski definition) is 1. The molecule has 6 aliphatic rings. The Morgan fingerprint density at radius 3 is 2.93 bits per heavy atom. The fraction of sp³-hybridized carbons (Fsp3) is 0.656. The number of aryl methyl sites for hydroxylation is 2. The van der Waals surface area contributed by atoms with Gasteiger partial charge < -0.3 is 19.2 Å². The number of aromatic amines is 1. The van der Waals surface area contributed by atoms with Crippen molar-refractivity contribution in [2.24, 2.45) is 29.6 Å². The Labute approximate surface area is 245 Å². The maximum atomic E-state index is 13.6. The number of hydrogen-bond acceptors (Lipinski definition) is 8. The highest BCUT2D eigenvalue weighted by Crippen LogP contribution is 2.60. The van der Waals surface area contributed by atoms with Crippen LogP contribution in [0.4, 0.5) is 0 Å². The van der Waals surface area contributed by atoms with Gasteiger partial charge in [-0.1, -0.05) is 37.3 Å². The highest BCUT2D eigenvalue weighted by molar-refractivity contribution is 5.83. The van der Waals surface area contributed by atoms with E-state index in [1.807, 2.05) is 17.7 Å². The summed E-state index contributed by atoms with van der Waals surface area (Å²) >= 11 is 0. The summed E-state index contributed by atoms with van der Waals surface area (Å²) in [5, 5.41) is 10.2. The predicted molar refractivity (Wildman–Crippen MR) is 150 cm³/mol. The van der Waals surface area contributed by atoms with Crippen LogP contribution >= 0.6 is 0 Å². The Morgan fingerprint density at radius 1 is 1.14 bits per heavy atom. The van der Waals surface area contributed by atoms with E-state index in [-0.39, 0.29) is 29.6 Å². The van der Waals surface area contributed by atoms with Crippen LogP contribution in [-0.4, -0.2) is 49.9 Å². The summed E-state index contributed by atoms with van der Waals surface area (Å²) in [6.45, 7) is 7.07. The van der Waals surface area contributed by atoms with Gasteiger partial charge >= 0.3 is 5.97 Å². The second kappa shape index (κ2) is 9.87. The van der Waals surface area contributed by atoms with Gasteiger partial charge in [-0.25, -0.2) is 14.5 Å². The molecule has 1 aromatic carbocycles. The van der Waals surface area contributed by atoms with E-state index in [9.17, 15) is 4.79 Å². The molecule has 1 spiro atoms. The van der Waals surface area contributed by atoms with Gasteiger partial charge in [0, 0.05) is 48.3 Å². The molecule has 0 radical (unpaired) electrons. The van der Waals surface area contributed by atoms with Gasteiger partial charge in [0.1, 0.15) is 0 Å². The van der Waals surface area contributed by atoms with Gasteiger partial charge in [-0.05, 0) is 68.9 Å². The summed E-state index contributed by atoms with van der Waals surface area (Å²) in [7, 11) is 0. The van der Waals surface area contributed by atoms with Crippen LogP contribution in [0.1, 0.15) is 69.8 Å². The molecule has 2 bridgehead atoms. The lowest BCUT2D eigenvalue weighted by Crippen LogP contribution is -2.70. The lowest BCUT2D eigenvalue weighted by molar-refractivity contribution is -0.576. The molecule has 9 atom stereocenters. The first-order valence-electron chi connectivity index (χ1n) is 15.7. The van der Waals surface area contributed by atoms with E-state index < -0.39 is 24.0 Å². The maximum absolute atomic E-state index is 13.6. The van der Waals surface area contributed by atoms with Crippen LogP contribution < -0.4 is 0 Å². The number of aromatic nitrogens is 4. The number of para-hydroxylation sites is 1. The van der Waals surface area contributed by atoms with Crippen molar-refractivity contribution in [1.29, 1.82) is 0 Å². The Kier molecular flexibility index (Phi) is 6.30. The second-order valence-corrected chi connectivity index (χ2v) is 13.5. The van der Waals surface area contributed by atoms with Crippen molar-refractivity contribution in [3.63, 3.8) is 0 Å². The van der Waals surface area contributed by atoms with Crippen molar-refractivity contribution in [3.05, 3.63) is 47.4 Å². The summed E-state index contributed by atoms with van der Waals surface area (Å²) < 4.78 is 21.1. The van der Waals surface area contributed by atoms with E-state index in [1.165, 1.54) is 10.9 Å². The molecule has 224 valence electrons. The molecule has 42 heavy (non-hydrogen) atoms. The molecule has 2 aliphatic carbocycles. The highest BCUT2D eigenvalue weighted by Gasteiger charge is 2.69. The van der Waals surface area contributed by atoms with Gasteiger partial charge in [-0.3, -0.25) is 4.79 Å². The van der Waals surface area contributed by atoms with E-state index in [0.29, 0.717) is 18.8 Å². The smallest absolute Gasteiger partial charge is 0.311 e. The number of carbonyl (C=O) groups is 1. The third kappa shape index (κ3) is 4.09. The third-order valence-electron chi connectivity index (χ3n) is 11.0. The molecule has 1 saturated carbocycles. The maximum Gasteiger partial charge on any atom is 0.311 e. The Hall–Kier alpha value is -2.79. The first-order chi connectivity index (χ1) is 20.3. The third-order valence-corrected chi connectivity index (χ3v) is 11.0. The molecule has 1 N–H and O–H groups in total. The molecule has 0 amide bonds. The molecule has 4 saturated heterocycles. The normalized spacial score (nSPS) is 39.0. The highest BCUT2D eigenvalue weighted by atomic mass is 17.3. The van der Waals surface area contributed by atoms with E-state index in [2.05, 4.69) is 53.5 Å². The first-order valence-corrected chi connectivity index (χ1v) is 15.7. The molecule has 2 aromatic heterocycles. The number of benzene rings is 1. The average Bonchev–Trinajstić information content (AvgIpc) is 3.52. The number of nitrogens with zero attached hydrogens (tertiary/aromatic N) is 3. The standard InChI is InChI=1S/C32H40N4O6/c1-18-8-10-24-19(2)29(39-30-32(24)23(18)12-14-31(3,40-30)41-42-32)38-28(37)20-9-11-27-26(16-20)34-35-36(27)15-13-21-17-33-25-7-5-4-6-22(21)25/h4-7,17-20,23-24,29-30,33H,8-16H2,1-3H3/t18-,19-,20?,23+,24+,29-,30-,31-,32-/m1/s1. The number of carbonyl (C=O) groups excluding carboxylic acids is 1. The van der Waals surface area contributed by atoms with E-state index in [0.717, 1.165) is 62.0 Å². The first kappa shape index (κ1) is 26.8. The summed E-state index contributed by atoms with van der Waals surface area (Å²) in [5.41, 5.74) is 3.77. The van der Waals surface area contributed by atoms with Crippen LogP contribution in [0.3, 0.4) is 0 Å². The van der Waals surface area contributed by atoms with Crippen molar-refractivity contribution < 1.29 is 28.8 Å². The van der Waals surface area contributed by atoms with Crippen LogP contribution in [0.5, 0.6) is 0 Å². The summed E-state index contributed by atoms with van der Waals surface area (Å²) in [6, 6.07) is 8.34. The predicted octanol–water partition coefficient (Wildman–Crippen LogP) is 4.86. The monoisotopic (exact) mass is 576 g/mol. The Morgan fingerprint density at radius 2 is 2.02 bits per heavy atom. The number of nitrogens with one attached hydrogen (secondary N) is 1. The van der Waals surface area contributed by atoms with Gasteiger partial charge in [-0.2, -0.15) is 0 Å². The number of H-pyrrole nitrogens is 1. The number of esters is 1. The summed E-state index contributed by atoms with van der Waals surface area (Å²) in [6.07, 6.45) is 7.40. The minimum Gasteiger partial charge on any atom is -0.435 e. The average molecular weight is 577 g/mol. The largest absolute Gasteiger partial charge is 0.435 e. The van der Waals surface area contributed by atoms with E-state index in [1.54, 1.807) is 0 Å². The van der Waals surface area contributed by atoms with Crippen molar-refractivity contribution in [2.75, 3.05) is 0 Å².